The molecule has 0 radical (unpaired) electrons. The lowest BCUT2D eigenvalue weighted by Crippen LogP contribution is -2.41. The molecule has 1 N–H and O–H groups in total. The van der Waals surface area contributed by atoms with Gasteiger partial charge in [-0.05, 0) is 67.7 Å². The van der Waals surface area contributed by atoms with Gasteiger partial charge in [0.15, 0.2) is 0 Å². The van der Waals surface area contributed by atoms with Crippen molar-refractivity contribution in [1.82, 2.24) is 0 Å². The number of nitrogens with one attached hydrogen (secondary N) is 1. The van der Waals surface area contributed by atoms with E-state index in [-0.39, 0.29) is 19.0 Å². The van der Waals surface area contributed by atoms with E-state index in [1.807, 2.05) is 30.3 Å². The highest BCUT2D eigenvalue weighted by atomic mass is 19.1. The summed E-state index contributed by atoms with van der Waals surface area (Å²) in [4.78, 5) is 17.4. The van der Waals surface area contributed by atoms with Gasteiger partial charge in [0.25, 0.3) is 11.6 Å². The van der Waals surface area contributed by atoms with Crippen molar-refractivity contribution in [2.75, 3.05) is 18.5 Å². The normalized spacial score (nSPS) is 21.6. The third kappa shape index (κ3) is 2.89. The molecule has 30 heavy (non-hydrogen) atoms. The second kappa shape index (κ2) is 7.42. The van der Waals surface area contributed by atoms with Crippen LogP contribution in [0.3, 0.4) is 0 Å². The Morgan fingerprint density at radius 3 is 2.37 bits per heavy atom. The maximum absolute atomic E-state index is 15.0. The topological polar surface area (TPSA) is 59.9 Å². The van der Waals surface area contributed by atoms with Crippen LogP contribution >= 0.6 is 0 Å². The molecule has 5 nitrogen and oxygen atoms in total. The number of fused-ring (bicyclic) bond motifs is 2. The minimum Gasteiger partial charge on any atom is -0.463 e. The number of benzene rings is 2. The first-order chi connectivity index (χ1) is 14.6. The Morgan fingerprint density at radius 1 is 1.10 bits per heavy atom. The number of hydrogen-bond acceptors (Lipinski definition) is 5. The molecular formula is C24H25FN2O3. The fourth-order valence-corrected chi connectivity index (χ4v) is 4.95. The largest absolute Gasteiger partial charge is 0.463 e. The standard InChI is InChI=1S/C24H25FN2O3/c1-2-29-22(28)24(15-8-4-3-5-9-15)14-26-23(30-24)27-21-18-12-6-10-16(18)20(25)17-11-7-13-19(17)21/h3-5,8-9H,2,6-7,10-14H2,1H3,(H,26,27). The molecule has 1 aliphatic heterocycles. The van der Waals surface area contributed by atoms with E-state index in [2.05, 4.69) is 10.3 Å². The molecule has 1 unspecified atom stereocenters. The van der Waals surface area contributed by atoms with E-state index < -0.39 is 11.6 Å². The molecule has 0 bridgehead atoms. The number of aliphatic imine (C=N–C) groups is 1. The van der Waals surface area contributed by atoms with E-state index in [0.29, 0.717) is 11.6 Å². The molecular weight excluding hydrogens is 383 g/mol. The van der Waals surface area contributed by atoms with E-state index in [4.69, 9.17) is 9.47 Å². The van der Waals surface area contributed by atoms with E-state index in [1.165, 1.54) is 0 Å². The average molecular weight is 408 g/mol. The van der Waals surface area contributed by atoms with Gasteiger partial charge in [-0.15, -0.1) is 0 Å². The number of ether oxygens (including phenoxy) is 2. The zero-order valence-electron chi connectivity index (χ0n) is 17.1. The summed E-state index contributed by atoms with van der Waals surface area (Å²) in [5.74, 6) is -0.466. The molecule has 1 atom stereocenters. The highest BCUT2D eigenvalue weighted by molar-refractivity contribution is 5.97. The van der Waals surface area contributed by atoms with Crippen molar-refractivity contribution in [3.63, 3.8) is 0 Å². The third-order valence-corrected chi connectivity index (χ3v) is 6.36. The first kappa shape index (κ1) is 19.1. The van der Waals surface area contributed by atoms with Gasteiger partial charge in [0, 0.05) is 11.3 Å². The Morgan fingerprint density at radius 2 is 1.73 bits per heavy atom. The summed E-state index contributed by atoms with van der Waals surface area (Å²) < 4.78 is 26.5. The van der Waals surface area contributed by atoms with Crippen LogP contribution in [0, 0.1) is 5.82 Å². The second-order valence-corrected chi connectivity index (χ2v) is 8.07. The summed E-state index contributed by atoms with van der Waals surface area (Å²) in [5, 5.41) is 3.34. The van der Waals surface area contributed by atoms with Gasteiger partial charge >= 0.3 is 5.97 Å². The lowest BCUT2D eigenvalue weighted by Gasteiger charge is -2.27. The average Bonchev–Trinajstić information content (AvgIpc) is 3.52. The van der Waals surface area contributed by atoms with E-state index in [1.54, 1.807) is 6.92 Å². The maximum Gasteiger partial charge on any atom is 0.357 e. The summed E-state index contributed by atoms with van der Waals surface area (Å²) in [6, 6.07) is 9.62. The monoisotopic (exact) mass is 408 g/mol. The number of rotatable bonds is 4. The summed E-state index contributed by atoms with van der Waals surface area (Å²) >= 11 is 0. The van der Waals surface area contributed by atoms with Gasteiger partial charge in [-0.3, -0.25) is 0 Å². The number of halogens is 1. The van der Waals surface area contributed by atoms with Crippen molar-refractivity contribution in [3.05, 3.63) is 64.0 Å². The Hall–Kier alpha value is -2.89. The van der Waals surface area contributed by atoms with Crippen molar-refractivity contribution in [2.24, 2.45) is 4.99 Å². The van der Waals surface area contributed by atoms with E-state index in [9.17, 15) is 9.18 Å². The van der Waals surface area contributed by atoms with Crippen LogP contribution in [-0.4, -0.2) is 25.1 Å². The zero-order chi connectivity index (χ0) is 20.7. The van der Waals surface area contributed by atoms with Crippen molar-refractivity contribution < 1.29 is 18.7 Å². The molecule has 0 amide bonds. The number of carbonyl (C=O) groups is 1. The Bertz CT molecular complexity index is 999. The number of nitrogens with zero attached hydrogens (tertiary/aromatic N) is 1. The first-order valence-corrected chi connectivity index (χ1v) is 10.7. The summed E-state index contributed by atoms with van der Waals surface area (Å²) in [7, 11) is 0. The van der Waals surface area contributed by atoms with Crippen molar-refractivity contribution in [1.29, 1.82) is 0 Å². The van der Waals surface area contributed by atoms with Crippen molar-refractivity contribution >= 4 is 17.7 Å². The fourth-order valence-electron chi connectivity index (χ4n) is 4.95. The number of esters is 1. The van der Waals surface area contributed by atoms with E-state index >= 15 is 0 Å². The molecule has 2 aliphatic carbocycles. The second-order valence-electron chi connectivity index (χ2n) is 8.07. The minimum absolute atomic E-state index is 0.0139. The zero-order valence-corrected chi connectivity index (χ0v) is 17.1. The summed E-state index contributed by atoms with van der Waals surface area (Å²) in [6.07, 6.45) is 5.13. The Labute approximate surface area is 175 Å². The summed E-state index contributed by atoms with van der Waals surface area (Å²) in [6.45, 7) is 2.18. The van der Waals surface area contributed by atoms with Crippen LogP contribution < -0.4 is 5.32 Å². The van der Waals surface area contributed by atoms with Crippen molar-refractivity contribution in [2.45, 2.75) is 51.0 Å². The fraction of sp³-hybridized carbons (Fsp3) is 0.417. The smallest absolute Gasteiger partial charge is 0.357 e. The molecule has 156 valence electrons. The number of hydrogen-bond donors (Lipinski definition) is 1. The van der Waals surface area contributed by atoms with Crippen LogP contribution in [0.1, 0.15) is 47.6 Å². The third-order valence-electron chi connectivity index (χ3n) is 6.36. The van der Waals surface area contributed by atoms with Crippen LogP contribution in [0.5, 0.6) is 0 Å². The lowest BCUT2D eigenvalue weighted by molar-refractivity contribution is -0.161. The number of carbonyl (C=O) groups excluding carboxylic acids is 1. The van der Waals surface area contributed by atoms with Crippen LogP contribution in [0.25, 0.3) is 0 Å². The molecule has 2 aromatic rings. The Kier molecular flexibility index (Phi) is 4.72. The van der Waals surface area contributed by atoms with Crippen LogP contribution in [0.4, 0.5) is 10.1 Å². The highest BCUT2D eigenvalue weighted by Crippen LogP contribution is 2.42. The maximum atomic E-state index is 15.0. The van der Waals surface area contributed by atoms with Crippen LogP contribution in [-0.2, 0) is 45.6 Å². The molecule has 3 aliphatic rings. The van der Waals surface area contributed by atoms with Gasteiger partial charge < -0.3 is 14.8 Å². The minimum atomic E-state index is -1.30. The quantitative estimate of drug-likeness (QED) is 0.775. The molecule has 1 heterocycles. The van der Waals surface area contributed by atoms with Crippen LogP contribution in [0.15, 0.2) is 35.3 Å². The van der Waals surface area contributed by atoms with Gasteiger partial charge in [-0.2, -0.15) is 0 Å². The van der Waals surface area contributed by atoms with Gasteiger partial charge in [0.2, 0.25) is 0 Å². The number of amidine groups is 1. The van der Waals surface area contributed by atoms with Crippen LogP contribution in [0.2, 0.25) is 0 Å². The molecule has 0 saturated heterocycles. The molecule has 5 rings (SSSR count). The van der Waals surface area contributed by atoms with Gasteiger partial charge in [-0.1, -0.05) is 30.3 Å². The molecule has 6 heteroatoms. The molecule has 2 aromatic carbocycles. The Balaban J connectivity index is 1.49. The van der Waals surface area contributed by atoms with Crippen molar-refractivity contribution in [3.8, 4) is 0 Å². The summed E-state index contributed by atoms with van der Waals surface area (Å²) in [5.41, 5.74) is 4.07. The predicted octanol–water partition coefficient (Wildman–Crippen LogP) is 4.06. The molecule has 0 aromatic heterocycles. The number of anilines is 1. The molecule has 0 spiro atoms. The lowest BCUT2D eigenvalue weighted by atomic mass is 9.94. The molecule has 0 fully saturated rings. The highest BCUT2D eigenvalue weighted by Gasteiger charge is 2.49. The van der Waals surface area contributed by atoms with Gasteiger partial charge in [-0.25, -0.2) is 14.2 Å². The SMILES string of the molecule is CCOC(=O)C1(c2ccccc2)CN=C(Nc2c3c(c(F)c4c2CCC4)CCC3)O1. The predicted molar refractivity (Wildman–Crippen MR) is 112 cm³/mol. The first-order valence-electron chi connectivity index (χ1n) is 10.7. The van der Waals surface area contributed by atoms with Gasteiger partial charge in [0.1, 0.15) is 5.82 Å². The molecule has 0 saturated carbocycles. The van der Waals surface area contributed by atoms with Gasteiger partial charge in [0.05, 0.1) is 13.2 Å². The van der Waals surface area contributed by atoms with E-state index in [0.717, 1.165) is 66.5 Å².